The van der Waals surface area contributed by atoms with Gasteiger partial charge >= 0.3 is 0 Å². The third-order valence-corrected chi connectivity index (χ3v) is 4.09. The standard InChI is InChI=1S/C16H20FN3O/c1-11(2)9-20-15(18-10-19-20)8-16(21)7-6-12-13(16)4-3-5-14(12)17/h3-5,10-11,21H,6-9H2,1-2H3. The van der Waals surface area contributed by atoms with E-state index in [2.05, 4.69) is 23.9 Å². The zero-order chi connectivity index (χ0) is 15.0. The fourth-order valence-electron chi connectivity index (χ4n) is 3.08. The van der Waals surface area contributed by atoms with Crippen molar-refractivity contribution < 1.29 is 9.50 Å². The molecule has 0 amide bonds. The number of halogens is 1. The molecule has 1 aliphatic carbocycles. The van der Waals surface area contributed by atoms with Gasteiger partial charge in [0.15, 0.2) is 0 Å². The monoisotopic (exact) mass is 289 g/mol. The molecule has 0 spiro atoms. The Hall–Kier alpha value is -1.75. The molecule has 0 bridgehead atoms. The molecule has 21 heavy (non-hydrogen) atoms. The molecule has 4 nitrogen and oxygen atoms in total. The van der Waals surface area contributed by atoms with Crippen molar-refractivity contribution in [1.82, 2.24) is 14.8 Å². The maximum Gasteiger partial charge on any atom is 0.138 e. The van der Waals surface area contributed by atoms with Crippen LogP contribution in [0.25, 0.3) is 0 Å². The summed E-state index contributed by atoms with van der Waals surface area (Å²) in [5.74, 6) is 0.976. The first kappa shape index (κ1) is 14.2. The Morgan fingerprint density at radius 1 is 1.43 bits per heavy atom. The molecule has 0 saturated heterocycles. The van der Waals surface area contributed by atoms with Crippen molar-refractivity contribution in [2.75, 3.05) is 0 Å². The summed E-state index contributed by atoms with van der Waals surface area (Å²) >= 11 is 0. The van der Waals surface area contributed by atoms with Crippen LogP contribution in [0.15, 0.2) is 24.5 Å². The third kappa shape index (κ3) is 2.58. The Balaban J connectivity index is 1.90. The van der Waals surface area contributed by atoms with E-state index >= 15 is 0 Å². The lowest BCUT2D eigenvalue weighted by Gasteiger charge is -2.24. The van der Waals surface area contributed by atoms with E-state index in [1.54, 1.807) is 6.07 Å². The molecule has 1 atom stereocenters. The SMILES string of the molecule is CC(C)Cn1ncnc1CC1(O)CCc2c(F)cccc21. The summed E-state index contributed by atoms with van der Waals surface area (Å²) in [6.07, 6.45) is 2.98. The topological polar surface area (TPSA) is 50.9 Å². The van der Waals surface area contributed by atoms with Crippen LogP contribution in [-0.2, 0) is 25.0 Å². The van der Waals surface area contributed by atoms with E-state index in [-0.39, 0.29) is 5.82 Å². The van der Waals surface area contributed by atoms with E-state index in [4.69, 9.17) is 0 Å². The summed E-state index contributed by atoms with van der Waals surface area (Å²) in [6.45, 7) is 4.99. The van der Waals surface area contributed by atoms with Crippen LogP contribution in [-0.4, -0.2) is 19.9 Å². The van der Waals surface area contributed by atoms with Crippen molar-refractivity contribution in [2.24, 2.45) is 5.92 Å². The average molecular weight is 289 g/mol. The van der Waals surface area contributed by atoms with Crippen LogP contribution < -0.4 is 0 Å². The van der Waals surface area contributed by atoms with Crippen molar-refractivity contribution in [3.05, 3.63) is 47.3 Å². The van der Waals surface area contributed by atoms with Gasteiger partial charge in [0.2, 0.25) is 0 Å². The van der Waals surface area contributed by atoms with Crippen LogP contribution in [0.3, 0.4) is 0 Å². The van der Waals surface area contributed by atoms with E-state index < -0.39 is 5.60 Å². The van der Waals surface area contributed by atoms with E-state index in [1.165, 1.54) is 12.4 Å². The van der Waals surface area contributed by atoms with Crippen LogP contribution in [0.1, 0.15) is 37.2 Å². The third-order valence-electron chi connectivity index (χ3n) is 4.09. The Morgan fingerprint density at radius 2 is 2.24 bits per heavy atom. The van der Waals surface area contributed by atoms with Gasteiger partial charge in [-0.3, -0.25) is 0 Å². The number of hydrogen-bond acceptors (Lipinski definition) is 3. The number of fused-ring (bicyclic) bond motifs is 1. The highest BCUT2D eigenvalue weighted by Gasteiger charge is 2.39. The van der Waals surface area contributed by atoms with Gasteiger partial charge in [0.05, 0.1) is 5.60 Å². The van der Waals surface area contributed by atoms with Crippen LogP contribution in [0, 0.1) is 11.7 Å². The molecule has 0 saturated carbocycles. The van der Waals surface area contributed by atoms with Crippen molar-refractivity contribution >= 4 is 0 Å². The predicted molar refractivity (Wildman–Crippen MR) is 77.2 cm³/mol. The summed E-state index contributed by atoms with van der Waals surface area (Å²) in [7, 11) is 0. The largest absolute Gasteiger partial charge is 0.385 e. The molecule has 5 heteroatoms. The Bertz CT molecular complexity index is 653. The fraction of sp³-hybridized carbons (Fsp3) is 0.500. The molecular weight excluding hydrogens is 269 g/mol. The minimum atomic E-state index is -1.04. The summed E-state index contributed by atoms with van der Waals surface area (Å²) in [5, 5.41) is 15.2. The molecule has 1 N–H and O–H groups in total. The van der Waals surface area contributed by atoms with Crippen LogP contribution in [0.4, 0.5) is 4.39 Å². The lowest BCUT2D eigenvalue weighted by atomic mass is 9.92. The summed E-state index contributed by atoms with van der Waals surface area (Å²) < 4.78 is 15.7. The van der Waals surface area contributed by atoms with Gasteiger partial charge in [0, 0.05) is 13.0 Å². The van der Waals surface area contributed by atoms with Crippen LogP contribution in [0.2, 0.25) is 0 Å². The molecule has 1 aromatic heterocycles. The molecule has 1 aromatic carbocycles. The molecule has 112 valence electrons. The molecule has 1 unspecified atom stereocenters. The highest BCUT2D eigenvalue weighted by atomic mass is 19.1. The van der Waals surface area contributed by atoms with Gasteiger partial charge in [-0.15, -0.1) is 0 Å². The number of nitrogens with zero attached hydrogens (tertiary/aromatic N) is 3. The second-order valence-corrected chi connectivity index (χ2v) is 6.23. The van der Waals surface area contributed by atoms with Gasteiger partial charge < -0.3 is 5.11 Å². The number of hydrogen-bond donors (Lipinski definition) is 1. The smallest absolute Gasteiger partial charge is 0.138 e. The highest BCUT2D eigenvalue weighted by Crippen LogP contribution is 2.40. The Labute approximate surface area is 123 Å². The maximum absolute atomic E-state index is 13.8. The number of benzene rings is 1. The van der Waals surface area contributed by atoms with Crippen LogP contribution in [0.5, 0.6) is 0 Å². The molecular formula is C16H20FN3O. The van der Waals surface area contributed by atoms with Gasteiger partial charge in [0.1, 0.15) is 18.0 Å². The second-order valence-electron chi connectivity index (χ2n) is 6.23. The number of aliphatic hydroxyl groups is 1. The zero-order valence-corrected chi connectivity index (χ0v) is 12.4. The lowest BCUT2D eigenvalue weighted by molar-refractivity contribution is 0.0356. The zero-order valence-electron chi connectivity index (χ0n) is 12.4. The van der Waals surface area contributed by atoms with Gasteiger partial charge in [0.25, 0.3) is 0 Å². The second kappa shape index (κ2) is 5.22. The van der Waals surface area contributed by atoms with E-state index in [9.17, 15) is 9.50 Å². The van der Waals surface area contributed by atoms with Crippen molar-refractivity contribution in [2.45, 2.75) is 45.3 Å². The van der Waals surface area contributed by atoms with E-state index in [0.717, 1.165) is 12.4 Å². The fourth-order valence-corrected chi connectivity index (χ4v) is 3.08. The van der Waals surface area contributed by atoms with E-state index in [1.807, 2.05) is 10.7 Å². The summed E-state index contributed by atoms with van der Waals surface area (Å²) in [5.41, 5.74) is 0.288. The average Bonchev–Trinajstić information content (AvgIpc) is 2.97. The minimum Gasteiger partial charge on any atom is -0.385 e. The Morgan fingerprint density at radius 3 is 3.00 bits per heavy atom. The molecule has 0 radical (unpaired) electrons. The summed E-state index contributed by atoms with van der Waals surface area (Å²) in [4.78, 5) is 4.27. The number of rotatable bonds is 4. The Kier molecular flexibility index (Phi) is 3.53. The lowest BCUT2D eigenvalue weighted by Crippen LogP contribution is -2.28. The van der Waals surface area contributed by atoms with Crippen molar-refractivity contribution in [3.8, 4) is 0 Å². The van der Waals surface area contributed by atoms with Crippen molar-refractivity contribution in [1.29, 1.82) is 0 Å². The first-order chi connectivity index (χ1) is 9.99. The maximum atomic E-state index is 13.8. The van der Waals surface area contributed by atoms with Crippen LogP contribution >= 0.6 is 0 Å². The first-order valence-corrected chi connectivity index (χ1v) is 7.36. The molecule has 0 aliphatic heterocycles. The minimum absolute atomic E-state index is 0.230. The van der Waals surface area contributed by atoms with Gasteiger partial charge in [-0.25, -0.2) is 14.1 Å². The molecule has 2 aromatic rings. The molecule has 0 fully saturated rings. The number of aromatic nitrogens is 3. The van der Waals surface area contributed by atoms with E-state index in [0.29, 0.717) is 36.3 Å². The van der Waals surface area contributed by atoms with Gasteiger partial charge in [-0.2, -0.15) is 5.10 Å². The molecule has 1 aliphatic rings. The normalized spacial score (nSPS) is 21.0. The summed E-state index contributed by atoms with van der Waals surface area (Å²) in [6, 6.07) is 4.92. The highest BCUT2D eigenvalue weighted by molar-refractivity contribution is 5.38. The quantitative estimate of drug-likeness (QED) is 0.940. The van der Waals surface area contributed by atoms with Gasteiger partial charge in [-0.05, 0) is 36.0 Å². The van der Waals surface area contributed by atoms with Gasteiger partial charge in [-0.1, -0.05) is 26.0 Å². The first-order valence-electron chi connectivity index (χ1n) is 7.36. The van der Waals surface area contributed by atoms with Crippen molar-refractivity contribution in [3.63, 3.8) is 0 Å². The predicted octanol–water partition coefficient (Wildman–Crippen LogP) is 2.45. The molecule has 3 rings (SSSR count). The molecule has 1 heterocycles.